The maximum atomic E-state index is 12.4. The van der Waals surface area contributed by atoms with Gasteiger partial charge in [0.15, 0.2) is 0 Å². The summed E-state index contributed by atoms with van der Waals surface area (Å²) in [5.74, 6) is -0.292. The van der Waals surface area contributed by atoms with Gasteiger partial charge >= 0.3 is 0 Å². The van der Waals surface area contributed by atoms with Crippen molar-refractivity contribution in [2.45, 2.75) is 238 Å². The topological polar surface area (TPSA) is 89.8 Å². The molecule has 3 unspecified atom stereocenters. The Balaban J connectivity index is 3.58. The summed E-state index contributed by atoms with van der Waals surface area (Å²) in [7, 11) is 0. The quantitative estimate of drug-likeness (QED) is 0.0397. The molecule has 0 aromatic rings. The summed E-state index contributed by atoms with van der Waals surface area (Å²) >= 11 is 0. The van der Waals surface area contributed by atoms with Crippen LogP contribution < -0.4 is 5.32 Å². The zero-order valence-corrected chi connectivity index (χ0v) is 31.0. The van der Waals surface area contributed by atoms with Crippen LogP contribution in [0, 0.1) is 0 Å². The van der Waals surface area contributed by atoms with E-state index in [1.165, 1.54) is 148 Å². The molecular formula is C41H81NO4. The zero-order valence-electron chi connectivity index (χ0n) is 31.0. The number of hydrogen-bond acceptors (Lipinski definition) is 4. The fraction of sp³-hybridized carbons (Fsp3) is 0.927. The molecule has 0 radical (unpaired) electrons. The van der Waals surface area contributed by atoms with Gasteiger partial charge in [-0.1, -0.05) is 187 Å². The number of unbranched alkanes of at least 4 members (excludes halogenated alkanes) is 26. The Morgan fingerprint density at radius 3 is 1.30 bits per heavy atom. The summed E-state index contributed by atoms with van der Waals surface area (Å²) < 4.78 is 0. The average Bonchev–Trinajstić information content (AvgIpc) is 3.05. The van der Waals surface area contributed by atoms with Crippen molar-refractivity contribution in [2.75, 3.05) is 6.61 Å². The standard InChI is InChI=1S/C41H81NO4/c1-3-5-7-9-11-13-15-16-17-18-19-20-21-22-23-24-25-27-29-31-33-35-40(45)39(37-43)42-41(46)36-38(44)34-32-30-28-26-14-12-10-8-6-4-2/h12,14,38-40,43-45H,3-11,13,15-37H2,1-2H3,(H,42,46)/b14-12-. The van der Waals surface area contributed by atoms with E-state index in [1.54, 1.807) is 0 Å². The minimum absolute atomic E-state index is 0.0277. The molecule has 0 fully saturated rings. The molecule has 46 heavy (non-hydrogen) atoms. The Kier molecular flexibility index (Phi) is 36.2. The third-order valence-electron chi connectivity index (χ3n) is 9.58. The molecule has 5 nitrogen and oxygen atoms in total. The normalized spacial score (nSPS) is 13.8. The monoisotopic (exact) mass is 652 g/mol. The van der Waals surface area contributed by atoms with Crippen LogP contribution >= 0.6 is 0 Å². The van der Waals surface area contributed by atoms with E-state index in [0.29, 0.717) is 12.8 Å². The summed E-state index contributed by atoms with van der Waals surface area (Å²) in [5.41, 5.74) is 0. The smallest absolute Gasteiger partial charge is 0.222 e. The van der Waals surface area contributed by atoms with E-state index in [2.05, 4.69) is 31.3 Å². The van der Waals surface area contributed by atoms with Gasteiger partial charge in [0.2, 0.25) is 5.91 Å². The molecule has 5 heteroatoms. The number of carbonyl (C=O) groups is 1. The van der Waals surface area contributed by atoms with E-state index in [-0.39, 0.29) is 18.9 Å². The average molecular weight is 652 g/mol. The second-order valence-corrected chi connectivity index (χ2v) is 14.2. The van der Waals surface area contributed by atoms with Crippen molar-refractivity contribution in [2.24, 2.45) is 0 Å². The fourth-order valence-electron chi connectivity index (χ4n) is 6.40. The van der Waals surface area contributed by atoms with Crippen LogP contribution in [-0.4, -0.2) is 46.1 Å². The zero-order chi connectivity index (χ0) is 33.8. The van der Waals surface area contributed by atoms with Gasteiger partial charge in [0.25, 0.3) is 0 Å². The van der Waals surface area contributed by atoms with E-state index < -0.39 is 18.2 Å². The highest BCUT2D eigenvalue weighted by atomic mass is 16.3. The van der Waals surface area contributed by atoms with Gasteiger partial charge in [-0.15, -0.1) is 0 Å². The second-order valence-electron chi connectivity index (χ2n) is 14.2. The predicted molar refractivity (Wildman–Crippen MR) is 199 cm³/mol. The second kappa shape index (κ2) is 36.9. The first-order chi connectivity index (χ1) is 22.5. The summed E-state index contributed by atoms with van der Waals surface area (Å²) in [4.78, 5) is 12.4. The van der Waals surface area contributed by atoms with Crippen molar-refractivity contribution in [3.8, 4) is 0 Å². The molecule has 274 valence electrons. The van der Waals surface area contributed by atoms with E-state index in [4.69, 9.17) is 0 Å². The molecule has 0 aromatic heterocycles. The molecule has 1 amide bonds. The first-order valence-corrected chi connectivity index (χ1v) is 20.5. The van der Waals surface area contributed by atoms with Crippen LogP contribution in [0.25, 0.3) is 0 Å². The molecule has 3 atom stereocenters. The molecule has 4 N–H and O–H groups in total. The Bertz CT molecular complexity index is 640. The Labute approximate surface area is 287 Å². The maximum Gasteiger partial charge on any atom is 0.222 e. The Morgan fingerprint density at radius 2 is 0.870 bits per heavy atom. The molecular weight excluding hydrogens is 570 g/mol. The minimum atomic E-state index is -0.749. The molecule has 0 aliphatic carbocycles. The highest BCUT2D eigenvalue weighted by molar-refractivity contribution is 5.76. The van der Waals surface area contributed by atoms with E-state index >= 15 is 0 Å². The summed E-state index contributed by atoms with van der Waals surface area (Å²) in [6.45, 7) is 4.23. The number of allylic oxidation sites excluding steroid dienone is 2. The van der Waals surface area contributed by atoms with Crippen LogP contribution in [0.15, 0.2) is 12.2 Å². The van der Waals surface area contributed by atoms with E-state index in [1.807, 2.05) is 0 Å². The van der Waals surface area contributed by atoms with Crippen molar-refractivity contribution < 1.29 is 20.1 Å². The summed E-state index contributed by atoms with van der Waals surface area (Å²) in [6, 6.07) is -0.658. The lowest BCUT2D eigenvalue weighted by Crippen LogP contribution is -2.46. The number of rotatable bonds is 37. The fourth-order valence-corrected chi connectivity index (χ4v) is 6.40. The molecule has 0 aliphatic rings. The largest absolute Gasteiger partial charge is 0.394 e. The minimum Gasteiger partial charge on any atom is -0.394 e. The molecule has 0 bridgehead atoms. The van der Waals surface area contributed by atoms with Crippen molar-refractivity contribution >= 4 is 5.91 Å². The lowest BCUT2D eigenvalue weighted by atomic mass is 10.0. The van der Waals surface area contributed by atoms with Crippen LogP contribution in [0.3, 0.4) is 0 Å². The number of amides is 1. The highest BCUT2D eigenvalue weighted by Gasteiger charge is 2.21. The van der Waals surface area contributed by atoms with Crippen molar-refractivity contribution in [1.82, 2.24) is 5.32 Å². The van der Waals surface area contributed by atoms with Crippen LogP contribution in [0.1, 0.15) is 219 Å². The van der Waals surface area contributed by atoms with Gasteiger partial charge in [-0.25, -0.2) is 0 Å². The van der Waals surface area contributed by atoms with E-state index in [9.17, 15) is 20.1 Å². The van der Waals surface area contributed by atoms with Gasteiger partial charge < -0.3 is 20.6 Å². The summed E-state index contributed by atoms with van der Waals surface area (Å²) in [5, 5.41) is 33.2. The first kappa shape index (κ1) is 45.1. The van der Waals surface area contributed by atoms with E-state index in [0.717, 1.165) is 38.5 Å². The molecule has 0 rings (SSSR count). The number of carbonyl (C=O) groups excluding carboxylic acids is 1. The third kappa shape index (κ3) is 33.0. The molecule has 0 heterocycles. The van der Waals surface area contributed by atoms with Crippen molar-refractivity contribution in [3.63, 3.8) is 0 Å². The van der Waals surface area contributed by atoms with Gasteiger partial charge in [-0.3, -0.25) is 4.79 Å². The number of aliphatic hydroxyl groups excluding tert-OH is 3. The van der Waals surface area contributed by atoms with Crippen LogP contribution in [-0.2, 0) is 4.79 Å². The number of hydrogen-bond donors (Lipinski definition) is 4. The highest BCUT2D eigenvalue weighted by Crippen LogP contribution is 2.16. The third-order valence-corrected chi connectivity index (χ3v) is 9.58. The van der Waals surface area contributed by atoms with Crippen LogP contribution in [0.2, 0.25) is 0 Å². The lowest BCUT2D eigenvalue weighted by molar-refractivity contribution is -0.125. The maximum absolute atomic E-state index is 12.4. The lowest BCUT2D eigenvalue weighted by Gasteiger charge is -2.23. The van der Waals surface area contributed by atoms with Gasteiger partial charge in [-0.05, 0) is 38.5 Å². The number of nitrogens with one attached hydrogen (secondary N) is 1. The molecule has 0 aromatic carbocycles. The molecule has 0 spiro atoms. The number of aliphatic hydroxyl groups is 3. The summed E-state index contributed by atoms with van der Waals surface area (Å²) in [6.07, 6.45) is 41.8. The SMILES string of the molecule is CCCCC/C=C\CCCCCC(O)CC(=O)NC(CO)C(O)CCCCCCCCCCCCCCCCCCCCCCC. The van der Waals surface area contributed by atoms with Crippen LogP contribution in [0.4, 0.5) is 0 Å². The Hall–Kier alpha value is -0.910. The van der Waals surface area contributed by atoms with Crippen LogP contribution in [0.5, 0.6) is 0 Å². The van der Waals surface area contributed by atoms with Gasteiger partial charge in [0.05, 0.1) is 31.3 Å². The first-order valence-electron chi connectivity index (χ1n) is 20.5. The predicted octanol–water partition coefficient (Wildman–Crippen LogP) is 11.3. The molecule has 0 saturated heterocycles. The van der Waals surface area contributed by atoms with Gasteiger partial charge in [0.1, 0.15) is 0 Å². The van der Waals surface area contributed by atoms with Crippen molar-refractivity contribution in [3.05, 3.63) is 12.2 Å². The van der Waals surface area contributed by atoms with Gasteiger partial charge in [-0.2, -0.15) is 0 Å². The van der Waals surface area contributed by atoms with Gasteiger partial charge in [0, 0.05) is 0 Å². The molecule has 0 aliphatic heterocycles. The Morgan fingerprint density at radius 1 is 0.522 bits per heavy atom. The molecule has 0 saturated carbocycles. The van der Waals surface area contributed by atoms with Crippen molar-refractivity contribution in [1.29, 1.82) is 0 Å².